The van der Waals surface area contributed by atoms with Crippen molar-refractivity contribution in [1.29, 1.82) is 5.26 Å². The molecule has 1 aromatic rings. The zero-order chi connectivity index (χ0) is 12.8. The number of rotatable bonds is 4. The first-order valence-electron chi connectivity index (χ1n) is 5.22. The smallest absolute Gasteiger partial charge is 0.256 e. The van der Waals surface area contributed by atoms with E-state index in [1.807, 2.05) is 6.07 Å². The molecule has 3 nitrogen and oxygen atoms in total. The summed E-state index contributed by atoms with van der Waals surface area (Å²) in [5.41, 5.74) is 0.0270. The first kappa shape index (κ1) is 13.7. The van der Waals surface area contributed by atoms with Crippen LogP contribution in [-0.2, 0) is 0 Å². The van der Waals surface area contributed by atoms with Gasteiger partial charge in [0.05, 0.1) is 22.5 Å². The summed E-state index contributed by atoms with van der Waals surface area (Å²) in [5.74, 6) is -0.950. The van der Waals surface area contributed by atoms with Crippen molar-refractivity contribution in [3.8, 4) is 6.07 Å². The summed E-state index contributed by atoms with van der Waals surface area (Å²) in [6.07, 6.45) is 0.245. The van der Waals surface area contributed by atoms with E-state index in [0.29, 0.717) is 13.1 Å². The van der Waals surface area contributed by atoms with Gasteiger partial charge in [0.1, 0.15) is 5.82 Å². The molecule has 0 bridgehead atoms. The lowest BCUT2D eigenvalue weighted by molar-refractivity contribution is 0.0763. The Bertz CT molecular complexity index is 456. The maximum atomic E-state index is 13.7. The molecular weight excluding hydrogens is 287 g/mol. The molecule has 0 saturated heterocycles. The van der Waals surface area contributed by atoms with Gasteiger partial charge in [0.25, 0.3) is 5.91 Å². The summed E-state index contributed by atoms with van der Waals surface area (Å²) in [5, 5.41) is 8.49. The number of hydrogen-bond donors (Lipinski definition) is 0. The molecule has 0 radical (unpaired) electrons. The van der Waals surface area contributed by atoms with Gasteiger partial charge < -0.3 is 4.90 Å². The van der Waals surface area contributed by atoms with E-state index in [1.165, 1.54) is 17.0 Å². The van der Waals surface area contributed by atoms with Crippen LogP contribution in [0.5, 0.6) is 0 Å². The van der Waals surface area contributed by atoms with E-state index >= 15 is 0 Å². The lowest BCUT2D eigenvalue weighted by Gasteiger charge is -2.19. The van der Waals surface area contributed by atoms with Crippen LogP contribution in [0.25, 0.3) is 0 Å². The van der Waals surface area contributed by atoms with Gasteiger partial charge in [-0.2, -0.15) is 5.26 Å². The number of halogens is 2. The molecule has 0 saturated carbocycles. The number of carbonyl (C=O) groups excluding carboxylic acids is 1. The molecule has 0 aliphatic carbocycles. The van der Waals surface area contributed by atoms with Gasteiger partial charge in [-0.3, -0.25) is 4.79 Å². The van der Waals surface area contributed by atoms with Gasteiger partial charge in [0, 0.05) is 13.1 Å². The molecule has 5 heteroatoms. The predicted octanol–water partition coefficient (Wildman–Crippen LogP) is 2.96. The average molecular weight is 299 g/mol. The Balaban J connectivity index is 2.94. The van der Waals surface area contributed by atoms with Crippen LogP contribution in [0.2, 0.25) is 0 Å². The standard InChI is InChI=1S/C12H12BrFN2O/c1-2-16(8-4-7-15)12(17)9-5-3-6-10(13)11(9)14/h3,5-6H,2,4,8H2,1H3. The van der Waals surface area contributed by atoms with E-state index in [2.05, 4.69) is 15.9 Å². The number of nitriles is 1. The molecule has 0 unspecified atom stereocenters. The van der Waals surface area contributed by atoms with Crippen LogP contribution < -0.4 is 0 Å². The molecule has 1 aromatic carbocycles. The van der Waals surface area contributed by atoms with Gasteiger partial charge in [-0.15, -0.1) is 0 Å². The zero-order valence-electron chi connectivity index (χ0n) is 9.41. The number of nitrogens with zero attached hydrogens (tertiary/aromatic N) is 2. The molecule has 0 atom stereocenters. The van der Waals surface area contributed by atoms with Crippen molar-refractivity contribution in [2.24, 2.45) is 0 Å². The van der Waals surface area contributed by atoms with E-state index in [0.717, 1.165) is 0 Å². The van der Waals surface area contributed by atoms with Crippen molar-refractivity contribution >= 4 is 21.8 Å². The Labute approximate surface area is 108 Å². The van der Waals surface area contributed by atoms with Crippen molar-refractivity contribution in [3.05, 3.63) is 34.1 Å². The molecule has 17 heavy (non-hydrogen) atoms. The fourth-order valence-electron chi connectivity index (χ4n) is 1.43. The predicted molar refractivity (Wildman–Crippen MR) is 65.9 cm³/mol. The second kappa shape index (κ2) is 6.36. The Morgan fingerprint density at radius 3 is 2.88 bits per heavy atom. The van der Waals surface area contributed by atoms with Crippen LogP contribution in [0.3, 0.4) is 0 Å². The van der Waals surface area contributed by atoms with Gasteiger partial charge in [0.2, 0.25) is 0 Å². The minimum Gasteiger partial charge on any atom is -0.338 e. The Hall–Kier alpha value is -1.41. The van der Waals surface area contributed by atoms with E-state index in [9.17, 15) is 9.18 Å². The Morgan fingerprint density at radius 1 is 1.59 bits per heavy atom. The molecule has 90 valence electrons. The molecule has 1 rings (SSSR count). The fourth-order valence-corrected chi connectivity index (χ4v) is 1.79. The Kier molecular flexibility index (Phi) is 5.11. The molecule has 0 fully saturated rings. The van der Waals surface area contributed by atoms with Crippen molar-refractivity contribution in [2.75, 3.05) is 13.1 Å². The summed E-state index contributed by atoms with van der Waals surface area (Å²) in [6, 6.07) is 6.56. The monoisotopic (exact) mass is 298 g/mol. The summed E-state index contributed by atoms with van der Waals surface area (Å²) < 4.78 is 14.0. The van der Waals surface area contributed by atoms with Crippen LogP contribution in [0.4, 0.5) is 4.39 Å². The first-order valence-corrected chi connectivity index (χ1v) is 6.01. The minimum atomic E-state index is -0.562. The van der Waals surface area contributed by atoms with Gasteiger partial charge in [-0.25, -0.2) is 4.39 Å². The fraction of sp³-hybridized carbons (Fsp3) is 0.333. The highest BCUT2D eigenvalue weighted by atomic mass is 79.9. The van der Waals surface area contributed by atoms with Crippen molar-refractivity contribution in [3.63, 3.8) is 0 Å². The quantitative estimate of drug-likeness (QED) is 0.858. The van der Waals surface area contributed by atoms with Gasteiger partial charge in [-0.1, -0.05) is 6.07 Å². The van der Waals surface area contributed by atoms with Gasteiger partial charge >= 0.3 is 0 Å². The SMILES string of the molecule is CCN(CCC#N)C(=O)c1cccc(Br)c1F. The van der Waals surface area contributed by atoms with Crippen LogP contribution in [0.15, 0.2) is 22.7 Å². The highest BCUT2D eigenvalue weighted by Gasteiger charge is 2.18. The highest BCUT2D eigenvalue weighted by molar-refractivity contribution is 9.10. The lowest BCUT2D eigenvalue weighted by Crippen LogP contribution is -2.32. The third-order valence-electron chi connectivity index (χ3n) is 2.34. The summed E-state index contributed by atoms with van der Waals surface area (Å²) in [4.78, 5) is 13.5. The molecule has 0 aromatic heterocycles. The summed E-state index contributed by atoms with van der Waals surface area (Å²) in [7, 11) is 0. The lowest BCUT2D eigenvalue weighted by atomic mass is 10.2. The molecule has 0 heterocycles. The van der Waals surface area contributed by atoms with Gasteiger partial charge in [0.15, 0.2) is 0 Å². The second-order valence-corrected chi connectivity index (χ2v) is 4.25. The summed E-state index contributed by atoms with van der Waals surface area (Å²) >= 11 is 3.04. The van der Waals surface area contributed by atoms with E-state index in [4.69, 9.17) is 5.26 Å². The van der Waals surface area contributed by atoms with Crippen LogP contribution in [-0.4, -0.2) is 23.9 Å². The molecule has 1 amide bonds. The zero-order valence-corrected chi connectivity index (χ0v) is 11.0. The molecular formula is C12H12BrFN2O. The van der Waals surface area contributed by atoms with Crippen LogP contribution in [0, 0.1) is 17.1 Å². The van der Waals surface area contributed by atoms with Crippen molar-refractivity contribution in [2.45, 2.75) is 13.3 Å². The molecule has 0 spiro atoms. The van der Waals surface area contributed by atoms with E-state index in [1.54, 1.807) is 13.0 Å². The number of hydrogen-bond acceptors (Lipinski definition) is 2. The maximum absolute atomic E-state index is 13.7. The molecule has 0 N–H and O–H groups in total. The van der Waals surface area contributed by atoms with E-state index in [-0.39, 0.29) is 22.4 Å². The summed E-state index contributed by atoms with van der Waals surface area (Å²) in [6.45, 7) is 2.56. The third-order valence-corrected chi connectivity index (χ3v) is 2.96. The average Bonchev–Trinajstić information content (AvgIpc) is 2.33. The molecule has 0 aliphatic rings. The number of benzene rings is 1. The van der Waals surface area contributed by atoms with Crippen LogP contribution in [0.1, 0.15) is 23.7 Å². The normalized spacial score (nSPS) is 9.76. The second-order valence-electron chi connectivity index (χ2n) is 3.39. The van der Waals surface area contributed by atoms with E-state index < -0.39 is 5.82 Å². The van der Waals surface area contributed by atoms with Crippen molar-refractivity contribution in [1.82, 2.24) is 4.90 Å². The minimum absolute atomic E-state index is 0.0270. The first-order chi connectivity index (χ1) is 8.11. The van der Waals surface area contributed by atoms with Crippen molar-refractivity contribution < 1.29 is 9.18 Å². The van der Waals surface area contributed by atoms with Crippen LogP contribution >= 0.6 is 15.9 Å². The number of carbonyl (C=O) groups is 1. The topological polar surface area (TPSA) is 44.1 Å². The maximum Gasteiger partial charge on any atom is 0.256 e. The van der Waals surface area contributed by atoms with Gasteiger partial charge in [-0.05, 0) is 35.0 Å². The largest absolute Gasteiger partial charge is 0.338 e. The number of amides is 1. The third kappa shape index (κ3) is 3.27. The Morgan fingerprint density at radius 2 is 2.29 bits per heavy atom. The molecule has 0 aliphatic heterocycles. The highest BCUT2D eigenvalue weighted by Crippen LogP contribution is 2.19.